The fourth-order valence-electron chi connectivity index (χ4n) is 4.36. The fourth-order valence-corrected chi connectivity index (χ4v) is 6.39. The molecule has 3 rings (SSSR count). The quantitative estimate of drug-likeness (QED) is 0.322. The molecule has 0 spiro atoms. The van der Waals surface area contributed by atoms with Crippen LogP contribution in [-0.4, -0.2) is 23.2 Å². The normalized spacial score (nSPS) is 14.9. The smallest absolute Gasteiger partial charge is 0.324 e. The van der Waals surface area contributed by atoms with Crippen LogP contribution in [0.15, 0.2) is 73.1 Å². The minimum Gasteiger partial charge on any atom is -0.480 e. The van der Waals surface area contributed by atoms with Crippen molar-refractivity contribution in [1.29, 1.82) is 0 Å². The number of carbonyl (C=O) groups is 1. The molecule has 178 valence electrons. The molecule has 0 amide bonds. The summed E-state index contributed by atoms with van der Waals surface area (Å²) in [6.07, 6.45) is -0.0280. The number of hydrogen-bond acceptors (Lipinski definition) is 4. The van der Waals surface area contributed by atoms with Crippen LogP contribution >= 0.6 is 7.37 Å². The lowest BCUT2D eigenvalue weighted by Gasteiger charge is -2.37. The van der Waals surface area contributed by atoms with E-state index in [1.807, 2.05) is 50.2 Å². The van der Waals surface area contributed by atoms with Crippen molar-refractivity contribution in [3.8, 4) is 22.5 Å². The molecule has 0 aliphatic carbocycles. The lowest BCUT2D eigenvalue weighted by Crippen LogP contribution is -2.37. The number of rotatable bonds is 9. The zero-order chi connectivity index (χ0) is 25.1. The van der Waals surface area contributed by atoms with Gasteiger partial charge in [0, 0.05) is 23.8 Å². The Morgan fingerprint density at radius 1 is 1.18 bits per heavy atom. The highest BCUT2D eigenvalue weighted by molar-refractivity contribution is 7.64. The molecule has 2 unspecified atom stereocenters. The first-order valence-electron chi connectivity index (χ1n) is 11.0. The van der Waals surface area contributed by atoms with E-state index in [4.69, 9.17) is 9.51 Å². The molecular weight excluding hydrogens is 452 g/mol. The predicted molar refractivity (Wildman–Crippen MR) is 134 cm³/mol. The maximum absolute atomic E-state index is 14.0. The Kier molecular flexibility index (Phi) is 7.54. The highest BCUT2D eigenvalue weighted by Crippen LogP contribution is 2.68. The second kappa shape index (κ2) is 10.0. The maximum atomic E-state index is 14.0. The third kappa shape index (κ3) is 4.24. The van der Waals surface area contributed by atoms with Crippen LogP contribution in [0.2, 0.25) is 0 Å². The van der Waals surface area contributed by atoms with Crippen LogP contribution in [0.3, 0.4) is 0 Å². The average Bonchev–Trinajstić information content (AvgIpc) is 2.85. The van der Waals surface area contributed by atoms with E-state index in [-0.39, 0.29) is 12.3 Å². The first kappa shape index (κ1) is 25.5. The number of aliphatic carboxylic acids is 1. The zero-order valence-electron chi connectivity index (χ0n) is 19.8. The van der Waals surface area contributed by atoms with Crippen LogP contribution in [0.25, 0.3) is 22.5 Å². The summed E-state index contributed by atoms with van der Waals surface area (Å²) in [6.45, 7) is 9.20. The van der Waals surface area contributed by atoms with Crippen LogP contribution in [0.1, 0.15) is 44.2 Å². The number of halogens is 1. The lowest BCUT2D eigenvalue weighted by atomic mass is 9.83. The van der Waals surface area contributed by atoms with Crippen molar-refractivity contribution in [3.63, 3.8) is 0 Å². The van der Waals surface area contributed by atoms with Gasteiger partial charge < -0.3 is 9.63 Å². The molecule has 34 heavy (non-hydrogen) atoms. The Balaban J connectivity index is 2.57. The van der Waals surface area contributed by atoms with Crippen molar-refractivity contribution in [3.05, 3.63) is 90.0 Å². The van der Waals surface area contributed by atoms with E-state index in [9.17, 15) is 18.9 Å². The van der Waals surface area contributed by atoms with Crippen molar-refractivity contribution in [2.45, 2.75) is 38.3 Å². The molecule has 0 aliphatic heterocycles. The Bertz CT molecular complexity index is 1240. The van der Waals surface area contributed by atoms with Gasteiger partial charge in [-0.2, -0.15) is 0 Å². The third-order valence-corrected chi connectivity index (χ3v) is 9.00. The highest BCUT2D eigenvalue weighted by Gasteiger charge is 2.56. The Morgan fingerprint density at radius 2 is 1.79 bits per heavy atom. The molecule has 1 N–H and O–H groups in total. The molecule has 0 saturated heterocycles. The van der Waals surface area contributed by atoms with Gasteiger partial charge in [0.2, 0.25) is 7.37 Å². The highest BCUT2D eigenvalue weighted by atomic mass is 31.2. The topological polar surface area (TPSA) is 76.5 Å². The maximum Gasteiger partial charge on any atom is 0.324 e. The predicted octanol–water partition coefficient (Wildman–Crippen LogP) is 7.44. The molecule has 7 heteroatoms. The van der Waals surface area contributed by atoms with Crippen LogP contribution in [0.4, 0.5) is 4.39 Å². The fraction of sp³-hybridized carbons (Fsp3) is 0.259. The van der Waals surface area contributed by atoms with E-state index in [0.717, 1.165) is 11.4 Å². The van der Waals surface area contributed by atoms with Gasteiger partial charge in [-0.25, -0.2) is 9.37 Å². The van der Waals surface area contributed by atoms with E-state index < -0.39 is 24.3 Å². The molecule has 0 radical (unpaired) electrons. The standard InChI is InChI=1S/C27H29FNO4P/c1-6-27(26(30)31,34(32,7-2)33-5)24-22(18(3)4)17-23(19-11-9-8-10-12-19)29-25(24)20-13-15-21(28)16-14-20/h7-18H,2,6H2,1,3-5H3,(H,30,31). The largest absolute Gasteiger partial charge is 0.480 e. The molecule has 0 bridgehead atoms. The second-order valence-corrected chi connectivity index (χ2v) is 11.0. The Hall–Kier alpha value is -3.08. The van der Waals surface area contributed by atoms with Gasteiger partial charge in [-0.1, -0.05) is 57.7 Å². The monoisotopic (exact) mass is 481 g/mol. The summed E-state index contributed by atoms with van der Waals surface area (Å²) in [5, 5.41) is 8.66. The van der Waals surface area contributed by atoms with Gasteiger partial charge in [-0.05, 0) is 54.1 Å². The lowest BCUT2D eigenvalue weighted by molar-refractivity contribution is -0.140. The summed E-state index contributed by atoms with van der Waals surface area (Å²) in [6, 6.07) is 17.0. The minimum absolute atomic E-state index is 0.0280. The van der Waals surface area contributed by atoms with Crippen molar-refractivity contribution < 1.29 is 23.4 Å². The summed E-state index contributed by atoms with van der Waals surface area (Å²) >= 11 is 0. The van der Waals surface area contributed by atoms with E-state index >= 15 is 0 Å². The van der Waals surface area contributed by atoms with Gasteiger partial charge in [-0.3, -0.25) is 9.36 Å². The molecule has 5 nitrogen and oxygen atoms in total. The first-order valence-corrected chi connectivity index (χ1v) is 12.7. The van der Waals surface area contributed by atoms with Crippen LogP contribution in [0, 0.1) is 5.82 Å². The van der Waals surface area contributed by atoms with Crippen LogP contribution in [0.5, 0.6) is 0 Å². The number of nitrogens with zero attached hydrogens (tertiary/aromatic N) is 1. The van der Waals surface area contributed by atoms with E-state index in [2.05, 4.69) is 6.58 Å². The van der Waals surface area contributed by atoms with Crippen molar-refractivity contribution in [2.24, 2.45) is 0 Å². The van der Waals surface area contributed by atoms with Crippen LogP contribution in [-0.2, 0) is 19.0 Å². The zero-order valence-corrected chi connectivity index (χ0v) is 20.7. The van der Waals surface area contributed by atoms with Gasteiger partial charge in [0.25, 0.3) is 0 Å². The number of carboxylic acids is 1. The minimum atomic E-state index is -3.96. The SMILES string of the molecule is C=CP(=O)(OC)C(CC)(C(=O)O)c1c(C(C)C)cc(-c2ccccc2)nc1-c1ccc(F)cc1. The van der Waals surface area contributed by atoms with E-state index in [1.165, 1.54) is 19.2 Å². The van der Waals surface area contributed by atoms with Crippen molar-refractivity contribution in [2.75, 3.05) is 7.11 Å². The van der Waals surface area contributed by atoms with Crippen molar-refractivity contribution >= 4 is 13.3 Å². The molecule has 1 aromatic heterocycles. The van der Waals surface area contributed by atoms with Gasteiger partial charge in [0.15, 0.2) is 5.16 Å². The molecule has 2 atom stereocenters. The Labute approximate surface area is 199 Å². The number of benzene rings is 2. The van der Waals surface area contributed by atoms with Gasteiger partial charge in [-0.15, -0.1) is 0 Å². The first-order chi connectivity index (χ1) is 16.1. The molecule has 0 aliphatic rings. The Morgan fingerprint density at radius 3 is 2.26 bits per heavy atom. The summed E-state index contributed by atoms with van der Waals surface area (Å²) in [5.41, 5.74) is 3.30. The van der Waals surface area contributed by atoms with E-state index in [1.54, 1.807) is 19.1 Å². The number of hydrogen-bond donors (Lipinski definition) is 1. The number of pyridine rings is 1. The average molecular weight is 482 g/mol. The molecule has 1 heterocycles. The van der Waals surface area contributed by atoms with Gasteiger partial charge >= 0.3 is 5.97 Å². The number of aromatic nitrogens is 1. The van der Waals surface area contributed by atoms with Gasteiger partial charge in [0.1, 0.15) is 5.82 Å². The van der Waals surface area contributed by atoms with Crippen LogP contribution < -0.4 is 0 Å². The van der Waals surface area contributed by atoms with Gasteiger partial charge in [0.05, 0.1) is 11.4 Å². The molecular formula is C27H29FNO4P. The third-order valence-electron chi connectivity index (χ3n) is 6.18. The molecule has 2 aromatic carbocycles. The van der Waals surface area contributed by atoms with Crippen molar-refractivity contribution in [1.82, 2.24) is 4.98 Å². The summed E-state index contributed by atoms with van der Waals surface area (Å²) in [4.78, 5) is 17.9. The second-order valence-electron chi connectivity index (χ2n) is 8.33. The molecule has 0 fully saturated rings. The summed E-state index contributed by atoms with van der Waals surface area (Å²) in [5.74, 6) is -0.754. The number of carboxylic acid groups (broad SMARTS) is 1. The van der Waals surface area contributed by atoms with E-state index in [0.29, 0.717) is 28.1 Å². The summed E-state index contributed by atoms with van der Waals surface area (Å²) in [7, 11) is -2.73. The molecule has 3 aromatic rings. The summed E-state index contributed by atoms with van der Waals surface area (Å²) < 4.78 is 33.2. The molecule has 0 saturated carbocycles.